The van der Waals surface area contributed by atoms with Gasteiger partial charge < -0.3 is 5.32 Å². The summed E-state index contributed by atoms with van der Waals surface area (Å²) in [6, 6.07) is 1.77. The van der Waals surface area contributed by atoms with Crippen molar-refractivity contribution in [2.24, 2.45) is 7.05 Å². The molecule has 0 aromatic carbocycles. The smallest absolute Gasteiger partial charge is 0.277 e. The zero-order valence-corrected chi connectivity index (χ0v) is 16.3. The number of rotatable bonds is 5. The molecule has 1 aliphatic rings. The van der Waals surface area contributed by atoms with Crippen LogP contribution in [0.3, 0.4) is 0 Å². The first-order chi connectivity index (χ1) is 12.8. The molecule has 2 aromatic heterocycles. The number of amides is 1. The molecule has 27 heavy (non-hydrogen) atoms. The third-order valence-corrected chi connectivity index (χ3v) is 6.22. The number of nitrogens with zero attached hydrogens (tertiary/aromatic N) is 5. The molecule has 0 unspecified atom stereocenters. The Morgan fingerprint density at radius 2 is 2.11 bits per heavy atom. The Hall–Kier alpha value is -2.59. The fourth-order valence-electron chi connectivity index (χ4n) is 2.86. The monoisotopic (exact) mass is 390 g/mol. The predicted octanol–water partition coefficient (Wildman–Crippen LogP) is 1.21. The van der Waals surface area contributed by atoms with Crippen molar-refractivity contribution in [3.63, 3.8) is 0 Å². The van der Waals surface area contributed by atoms with Crippen LogP contribution in [-0.4, -0.2) is 57.2 Å². The van der Waals surface area contributed by atoms with Crippen LogP contribution in [0.25, 0.3) is 5.57 Å². The van der Waals surface area contributed by atoms with E-state index in [4.69, 9.17) is 0 Å². The summed E-state index contributed by atoms with van der Waals surface area (Å²) in [7, 11) is -1.46. The average Bonchev–Trinajstić information content (AvgIpc) is 2.98. The minimum Gasteiger partial charge on any atom is -0.305 e. The highest BCUT2D eigenvalue weighted by molar-refractivity contribution is 7.89. The van der Waals surface area contributed by atoms with E-state index in [-0.39, 0.29) is 17.4 Å². The summed E-state index contributed by atoms with van der Waals surface area (Å²) in [6.45, 7) is 4.17. The lowest BCUT2D eigenvalue weighted by molar-refractivity contribution is 0.102. The zero-order valence-electron chi connectivity index (χ0n) is 15.5. The van der Waals surface area contributed by atoms with Crippen molar-refractivity contribution in [1.29, 1.82) is 0 Å². The number of hydrogen-bond donors (Lipinski definition) is 1. The van der Waals surface area contributed by atoms with Gasteiger partial charge in [-0.15, -0.1) is 0 Å². The number of hydrogen-bond acceptors (Lipinski definition) is 6. The van der Waals surface area contributed by atoms with Gasteiger partial charge in [0.15, 0.2) is 0 Å². The molecule has 1 aliphatic heterocycles. The molecule has 0 fully saturated rings. The molecule has 144 valence electrons. The molecule has 3 rings (SSSR count). The summed E-state index contributed by atoms with van der Waals surface area (Å²) in [6.07, 6.45) is 5.34. The molecule has 0 aliphatic carbocycles. The molecule has 3 heterocycles. The highest BCUT2D eigenvalue weighted by Crippen LogP contribution is 2.22. The zero-order chi connectivity index (χ0) is 19.6. The molecule has 1 amide bonds. The lowest BCUT2D eigenvalue weighted by atomic mass is 10.1. The number of carbonyl (C=O) groups is 1. The van der Waals surface area contributed by atoms with Gasteiger partial charge in [0.05, 0.1) is 29.5 Å². The molecule has 0 saturated heterocycles. The van der Waals surface area contributed by atoms with E-state index in [1.54, 1.807) is 30.9 Å². The lowest BCUT2D eigenvalue weighted by Crippen LogP contribution is -2.35. The quantitative estimate of drug-likeness (QED) is 0.822. The number of aromatic nitrogens is 4. The topological polar surface area (TPSA) is 110 Å². The molecule has 10 heteroatoms. The van der Waals surface area contributed by atoms with E-state index in [0.717, 1.165) is 11.3 Å². The molecule has 9 nitrogen and oxygen atoms in total. The molecule has 0 radical (unpaired) electrons. The Morgan fingerprint density at radius 1 is 1.33 bits per heavy atom. The fraction of sp³-hybridized carbons (Fsp3) is 0.412. The van der Waals surface area contributed by atoms with Crippen molar-refractivity contribution in [2.45, 2.75) is 20.3 Å². The van der Waals surface area contributed by atoms with Crippen molar-refractivity contribution >= 4 is 27.3 Å². The second kappa shape index (κ2) is 7.57. The minimum atomic E-state index is -3.20. The number of sulfonamides is 1. The molecular weight excluding hydrogens is 368 g/mol. The first kappa shape index (κ1) is 19.2. The minimum absolute atomic E-state index is 0.0825. The van der Waals surface area contributed by atoms with Crippen LogP contribution in [0.4, 0.5) is 5.82 Å². The molecule has 1 N–H and O–H groups in total. The van der Waals surface area contributed by atoms with Crippen molar-refractivity contribution < 1.29 is 13.2 Å². The van der Waals surface area contributed by atoms with Gasteiger partial charge in [0.25, 0.3) is 5.91 Å². The van der Waals surface area contributed by atoms with Gasteiger partial charge in [-0.25, -0.2) is 13.4 Å². The van der Waals surface area contributed by atoms with Gasteiger partial charge in [-0.3, -0.25) is 14.5 Å². The number of anilines is 1. The Bertz CT molecular complexity index is 996. The van der Waals surface area contributed by atoms with E-state index >= 15 is 0 Å². The summed E-state index contributed by atoms with van der Waals surface area (Å²) >= 11 is 0. The number of carbonyl (C=O) groups excluding carboxylic acids is 1. The molecular formula is C17H22N6O3S. The largest absolute Gasteiger partial charge is 0.305 e. The van der Waals surface area contributed by atoms with Crippen molar-refractivity contribution in [2.75, 3.05) is 24.2 Å². The van der Waals surface area contributed by atoms with E-state index in [1.165, 1.54) is 10.5 Å². The first-order valence-electron chi connectivity index (χ1n) is 8.61. The summed E-state index contributed by atoms with van der Waals surface area (Å²) in [5.41, 5.74) is 2.45. The Morgan fingerprint density at radius 3 is 2.70 bits per heavy atom. The van der Waals surface area contributed by atoms with Crippen molar-refractivity contribution in [1.82, 2.24) is 24.1 Å². The Balaban J connectivity index is 1.76. The molecule has 0 bridgehead atoms. The normalized spacial score (nSPS) is 15.4. The summed E-state index contributed by atoms with van der Waals surface area (Å²) in [5.74, 6) is 0.278. The molecule has 0 atom stereocenters. The van der Waals surface area contributed by atoms with E-state index in [9.17, 15) is 13.2 Å². The van der Waals surface area contributed by atoms with Gasteiger partial charge >= 0.3 is 0 Å². The van der Waals surface area contributed by atoms with Crippen LogP contribution in [0.15, 0.2) is 24.5 Å². The first-order valence-corrected chi connectivity index (χ1v) is 10.2. The number of nitrogens with one attached hydrogen (secondary N) is 1. The van der Waals surface area contributed by atoms with Gasteiger partial charge in [-0.2, -0.15) is 9.40 Å². The van der Waals surface area contributed by atoms with Crippen LogP contribution in [-0.2, 0) is 17.1 Å². The average molecular weight is 390 g/mol. The van der Waals surface area contributed by atoms with E-state index in [2.05, 4.69) is 20.4 Å². The molecule has 0 saturated carbocycles. The van der Waals surface area contributed by atoms with Crippen LogP contribution in [0.1, 0.15) is 35.2 Å². The SMILES string of the molecule is CCS(=O)(=O)N1CC=C(c2cncc(C(=O)Nc3cc(C)nn3C)n2)CC1. The van der Waals surface area contributed by atoms with Gasteiger partial charge in [0.1, 0.15) is 11.5 Å². The van der Waals surface area contributed by atoms with Gasteiger partial charge in [-0.05, 0) is 25.8 Å². The molecule has 2 aromatic rings. The van der Waals surface area contributed by atoms with Crippen molar-refractivity contribution in [3.8, 4) is 0 Å². The van der Waals surface area contributed by atoms with Crippen LogP contribution in [0.5, 0.6) is 0 Å². The number of aryl methyl sites for hydroxylation is 2. The van der Waals surface area contributed by atoms with Crippen LogP contribution < -0.4 is 5.32 Å². The van der Waals surface area contributed by atoms with Gasteiger partial charge in [0.2, 0.25) is 10.0 Å². The summed E-state index contributed by atoms with van der Waals surface area (Å²) in [4.78, 5) is 21.0. The maximum absolute atomic E-state index is 12.5. The summed E-state index contributed by atoms with van der Waals surface area (Å²) in [5, 5.41) is 6.95. The van der Waals surface area contributed by atoms with Gasteiger partial charge in [0, 0.05) is 26.2 Å². The van der Waals surface area contributed by atoms with Gasteiger partial charge in [-0.1, -0.05) is 6.08 Å². The standard InChI is InChI=1S/C17H22N6O3S/c1-4-27(25,26)23-7-5-13(6-8-23)14-10-18-11-15(19-14)17(24)20-16-9-12(2)21-22(16)3/h5,9-11H,4,6-8H2,1-3H3,(H,20,24). The third-order valence-electron chi connectivity index (χ3n) is 4.37. The Kier molecular flexibility index (Phi) is 5.38. The predicted molar refractivity (Wildman–Crippen MR) is 102 cm³/mol. The second-order valence-electron chi connectivity index (χ2n) is 6.28. The fourth-order valence-corrected chi connectivity index (χ4v) is 3.89. The highest BCUT2D eigenvalue weighted by Gasteiger charge is 2.23. The third kappa shape index (κ3) is 4.22. The maximum atomic E-state index is 12.5. The summed E-state index contributed by atoms with van der Waals surface area (Å²) < 4.78 is 26.9. The lowest BCUT2D eigenvalue weighted by Gasteiger charge is -2.25. The van der Waals surface area contributed by atoms with E-state index in [0.29, 0.717) is 31.0 Å². The maximum Gasteiger partial charge on any atom is 0.277 e. The highest BCUT2D eigenvalue weighted by atomic mass is 32.2. The second-order valence-corrected chi connectivity index (χ2v) is 8.53. The van der Waals surface area contributed by atoms with Crippen molar-refractivity contribution in [3.05, 3.63) is 41.6 Å². The Labute approximate surface area is 158 Å². The van der Waals surface area contributed by atoms with Crippen LogP contribution in [0, 0.1) is 6.92 Å². The van der Waals surface area contributed by atoms with E-state index < -0.39 is 10.0 Å². The molecule has 0 spiro atoms. The van der Waals surface area contributed by atoms with E-state index in [1.807, 2.05) is 13.0 Å². The van der Waals surface area contributed by atoms with Crippen LogP contribution >= 0.6 is 0 Å². The van der Waals surface area contributed by atoms with Crippen LogP contribution in [0.2, 0.25) is 0 Å².